The monoisotopic (exact) mass is 475 g/mol. The molecule has 1 aliphatic heterocycles. The topological polar surface area (TPSA) is 115 Å². The Bertz CT molecular complexity index is 1120. The maximum absolute atomic E-state index is 14.5. The van der Waals surface area contributed by atoms with Gasteiger partial charge in [-0.05, 0) is 13.8 Å². The molecule has 182 valence electrons. The number of aryl methyl sites for hydroxylation is 1. The SMILES string of the molecule is COCC(Nc1nc(Nc2cn(C)cn2)nc(N2CC(C)OC(C)C2)n1)c1ncc(F)cc1F. The number of nitrogens with one attached hydrogen (secondary N) is 2. The van der Waals surface area contributed by atoms with E-state index >= 15 is 0 Å². The van der Waals surface area contributed by atoms with E-state index < -0.39 is 17.7 Å². The summed E-state index contributed by atoms with van der Waals surface area (Å²) in [6.45, 7) is 5.19. The van der Waals surface area contributed by atoms with E-state index in [1.165, 1.54) is 7.11 Å². The first-order valence-corrected chi connectivity index (χ1v) is 10.8. The fourth-order valence-electron chi connectivity index (χ4n) is 3.75. The summed E-state index contributed by atoms with van der Waals surface area (Å²) in [6, 6.07) is 0.00174. The second-order valence-corrected chi connectivity index (χ2v) is 8.17. The van der Waals surface area contributed by atoms with Crippen LogP contribution in [0.15, 0.2) is 24.8 Å². The smallest absolute Gasteiger partial charge is 0.235 e. The minimum Gasteiger partial charge on any atom is -0.382 e. The summed E-state index contributed by atoms with van der Waals surface area (Å²) in [5, 5.41) is 6.12. The van der Waals surface area contributed by atoms with Crippen LogP contribution in [0.5, 0.6) is 0 Å². The average Bonchev–Trinajstić information content (AvgIpc) is 3.17. The number of pyridine rings is 1. The molecular weight excluding hydrogens is 448 g/mol. The van der Waals surface area contributed by atoms with Gasteiger partial charge in [-0.15, -0.1) is 0 Å². The molecule has 0 saturated carbocycles. The fourth-order valence-corrected chi connectivity index (χ4v) is 3.75. The number of hydrogen-bond acceptors (Lipinski definition) is 10. The molecule has 1 aliphatic rings. The molecule has 3 aromatic rings. The van der Waals surface area contributed by atoms with Gasteiger partial charge in [-0.3, -0.25) is 4.98 Å². The molecule has 11 nitrogen and oxygen atoms in total. The molecular formula is C21H27F2N9O2. The van der Waals surface area contributed by atoms with Gasteiger partial charge in [-0.2, -0.15) is 15.0 Å². The largest absolute Gasteiger partial charge is 0.382 e. The number of halogens is 2. The van der Waals surface area contributed by atoms with Crippen molar-refractivity contribution in [2.24, 2.45) is 7.05 Å². The molecule has 0 bridgehead atoms. The molecule has 3 aromatic heterocycles. The van der Waals surface area contributed by atoms with Crippen molar-refractivity contribution in [1.29, 1.82) is 0 Å². The van der Waals surface area contributed by atoms with Gasteiger partial charge in [-0.25, -0.2) is 13.8 Å². The number of hydrogen-bond donors (Lipinski definition) is 2. The molecule has 0 amide bonds. The van der Waals surface area contributed by atoms with Crippen LogP contribution < -0.4 is 15.5 Å². The fraction of sp³-hybridized carbons (Fsp3) is 0.476. The Balaban J connectivity index is 1.68. The van der Waals surface area contributed by atoms with E-state index in [1.807, 2.05) is 25.8 Å². The van der Waals surface area contributed by atoms with Gasteiger partial charge in [0.15, 0.2) is 5.82 Å². The van der Waals surface area contributed by atoms with Crippen molar-refractivity contribution < 1.29 is 18.3 Å². The van der Waals surface area contributed by atoms with E-state index in [1.54, 1.807) is 17.1 Å². The van der Waals surface area contributed by atoms with Crippen LogP contribution in [-0.4, -0.2) is 68.5 Å². The summed E-state index contributed by atoms with van der Waals surface area (Å²) in [5.74, 6) is -0.177. The minimum atomic E-state index is -0.800. The van der Waals surface area contributed by atoms with Crippen molar-refractivity contribution in [2.45, 2.75) is 32.1 Å². The first kappa shape index (κ1) is 23.7. The summed E-state index contributed by atoms with van der Waals surface area (Å²) in [7, 11) is 3.32. The molecule has 13 heteroatoms. The van der Waals surface area contributed by atoms with Crippen molar-refractivity contribution in [3.8, 4) is 0 Å². The third-order valence-corrected chi connectivity index (χ3v) is 5.07. The van der Waals surface area contributed by atoms with Crippen molar-refractivity contribution in [2.75, 3.05) is 42.3 Å². The van der Waals surface area contributed by atoms with Gasteiger partial charge in [0.05, 0.1) is 37.4 Å². The van der Waals surface area contributed by atoms with E-state index in [2.05, 4.69) is 35.6 Å². The highest BCUT2D eigenvalue weighted by Gasteiger charge is 2.26. The summed E-state index contributed by atoms with van der Waals surface area (Å²) >= 11 is 0. The number of anilines is 4. The molecule has 0 radical (unpaired) electrons. The predicted molar refractivity (Wildman–Crippen MR) is 121 cm³/mol. The maximum atomic E-state index is 14.5. The highest BCUT2D eigenvalue weighted by molar-refractivity contribution is 5.52. The number of rotatable bonds is 8. The van der Waals surface area contributed by atoms with Crippen molar-refractivity contribution >= 4 is 23.7 Å². The summed E-state index contributed by atoms with van der Waals surface area (Å²) in [4.78, 5) is 23.7. The minimum absolute atomic E-state index is 0.0112. The Morgan fingerprint density at radius 2 is 1.88 bits per heavy atom. The molecule has 2 N–H and O–H groups in total. The lowest BCUT2D eigenvalue weighted by molar-refractivity contribution is -0.00572. The summed E-state index contributed by atoms with van der Waals surface area (Å²) in [6.07, 6.45) is 4.35. The zero-order valence-corrected chi connectivity index (χ0v) is 19.4. The van der Waals surface area contributed by atoms with Gasteiger partial charge in [0.25, 0.3) is 0 Å². The zero-order valence-electron chi connectivity index (χ0n) is 19.4. The molecule has 0 spiro atoms. The number of imidazole rings is 1. The molecule has 4 rings (SSSR count). The van der Waals surface area contributed by atoms with Gasteiger partial charge in [0, 0.05) is 39.5 Å². The third kappa shape index (κ3) is 5.72. The van der Waals surface area contributed by atoms with E-state index in [0.717, 1.165) is 12.3 Å². The highest BCUT2D eigenvalue weighted by atomic mass is 19.1. The van der Waals surface area contributed by atoms with Crippen LogP contribution in [0.3, 0.4) is 0 Å². The first-order chi connectivity index (χ1) is 16.3. The second-order valence-electron chi connectivity index (χ2n) is 8.17. The Labute approximate surface area is 195 Å². The van der Waals surface area contributed by atoms with E-state index in [4.69, 9.17) is 9.47 Å². The van der Waals surface area contributed by atoms with Gasteiger partial charge in [-0.1, -0.05) is 0 Å². The zero-order chi connectivity index (χ0) is 24.2. The van der Waals surface area contributed by atoms with Crippen molar-refractivity contribution in [3.05, 3.63) is 42.1 Å². The quantitative estimate of drug-likeness (QED) is 0.503. The second kappa shape index (κ2) is 10.2. The lowest BCUT2D eigenvalue weighted by Crippen LogP contribution is -2.46. The van der Waals surface area contributed by atoms with Crippen LogP contribution >= 0.6 is 0 Å². The molecule has 34 heavy (non-hydrogen) atoms. The Kier molecular flexibility index (Phi) is 7.12. The van der Waals surface area contributed by atoms with Crippen LogP contribution in [0.2, 0.25) is 0 Å². The van der Waals surface area contributed by atoms with E-state index in [-0.39, 0.29) is 36.4 Å². The van der Waals surface area contributed by atoms with Crippen molar-refractivity contribution in [1.82, 2.24) is 29.5 Å². The first-order valence-electron chi connectivity index (χ1n) is 10.8. The highest BCUT2D eigenvalue weighted by Crippen LogP contribution is 2.24. The average molecular weight is 476 g/mol. The Morgan fingerprint density at radius 3 is 2.53 bits per heavy atom. The molecule has 3 atom stereocenters. The predicted octanol–water partition coefficient (Wildman–Crippen LogP) is 2.44. The molecule has 0 aliphatic carbocycles. The standard InChI is InChI=1S/C21H27F2N9O2/c1-12-7-32(8-13(2)34-12)21-29-19(28-20(30-21)27-17-9-31(3)11-25-17)26-16(10-33-4)18-15(23)5-14(22)6-24-18/h5-6,9,11-13,16H,7-8,10H2,1-4H3,(H2,26,27,28,29,30). The van der Waals surface area contributed by atoms with Crippen LogP contribution in [0.4, 0.5) is 32.4 Å². The Hall–Kier alpha value is -3.45. The number of morpholine rings is 1. The lowest BCUT2D eigenvalue weighted by Gasteiger charge is -2.35. The van der Waals surface area contributed by atoms with Gasteiger partial charge in [0.2, 0.25) is 17.8 Å². The van der Waals surface area contributed by atoms with Gasteiger partial charge < -0.3 is 29.6 Å². The Morgan fingerprint density at radius 1 is 1.15 bits per heavy atom. The van der Waals surface area contributed by atoms with E-state index in [9.17, 15) is 8.78 Å². The molecule has 0 aromatic carbocycles. The van der Waals surface area contributed by atoms with Gasteiger partial charge >= 0.3 is 0 Å². The lowest BCUT2D eigenvalue weighted by atomic mass is 10.2. The summed E-state index contributed by atoms with van der Waals surface area (Å²) < 4.78 is 40.7. The summed E-state index contributed by atoms with van der Waals surface area (Å²) in [5.41, 5.74) is -0.0157. The maximum Gasteiger partial charge on any atom is 0.235 e. The van der Waals surface area contributed by atoms with Crippen LogP contribution in [-0.2, 0) is 16.5 Å². The van der Waals surface area contributed by atoms with Gasteiger partial charge in [0.1, 0.15) is 17.3 Å². The van der Waals surface area contributed by atoms with Crippen LogP contribution in [0.25, 0.3) is 0 Å². The molecule has 1 fully saturated rings. The van der Waals surface area contributed by atoms with Crippen molar-refractivity contribution in [3.63, 3.8) is 0 Å². The third-order valence-electron chi connectivity index (χ3n) is 5.07. The number of methoxy groups -OCH3 is 1. The van der Waals surface area contributed by atoms with Crippen LogP contribution in [0.1, 0.15) is 25.6 Å². The number of aromatic nitrogens is 6. The normalized spacial score (nSPS) is 19.2. The molecule has 4 heterocycles. The van der Waals surface area contributed by atoms with Crippen LogP contribution in [0, 0.1) is 11.6 Å². The molecule has 3 unspecified atom stereocenters. The molecule has 1 saturated heterocycles. The van der Waals surface area contributed by atoms with E-state index in [0.29, 0.717) is 24.9 Å². The number of nitrogens with zero attached hydrogens (tertiary/aromatic N) is 7. The number of ether oxygens (including phenoxy) is 2.